The average molecular weight is 290 g/mol. The molecule has 8 heteroatoms. The first-order valence-electron chi connectivity index (χ1n) is 5.51. The van der Waals surface area contributed by atoms with Crippen LogP contribution in [0.2, 0.25) is 0 Å². The highest BCUT2D eigenvalue weighted by Crippen LogP contribution is 2.27. The number of benzene rings is 1. The summed E-state index contributed by atoms with van der Waals surface area (Å²) in [6.45, 7) is 4.74. The van der Waals surface area contributed by atoms with Gasteiger partial charge < -0.3 is 0 Å². The number of nitro groups is 1. The highest BCUT2D eigenvalue weighted by molar-refractivity contribution is 7.89. The molecule has 6 nitrogen and oxygen atoms in total. The maximum absolute atomic E-state index is 13.4. The fraction of sp³-hybridized carbons (Fsp3) is 0.455. The van der Waals surface area contributed by atoms with Gasteiger partial charge in [0.1, 0.15) is 0 Å². The number of sulfonamides is 1. The van der Waals surface area contributed by atoms with E-state index in [1.54, 1.807) is 13.8 Å². The maximum atomic E-state index is 13.4. The van der Waals surface area contributed by atoms with Gasteiger partial charge >= 0.3 is 5.69 Å². The van der Waals surface area contributed by atoms with E-state index in [4.69, 9.17) is 0 Å². The molecule has 0 N–H and O–H groups in total. The van der Waals surface area contributed by atoms with E-state index in [1.807, 2.05) is 0 Å². The first-order chi connectivity index (χ1) is 8.59. The molecule has 0 saturated heterocycles. The molecule has 0 saturated carbocycles. The van der Waals surface area contributed by atoms with Gasteiger partial charge in [0.25, 0.3) is 0 Å². The van der Waals surface area contributed by atoms with Crippen molar-refractivity contribution in [1.82, 2.24) is 4.31 Å². The largest absolute Gasteiger partial charge is 0.306 e. The van der Waals surface area contributed by atoms with Gasteiger partial charge in [-0.3, -0.25) is 10.1 Å². The zero-order valence-corrected chi connectivity index (χ0v) is 11.9. The van der Waals surface area contributed by atoms with Crippen LogP contribution < -0.4 is 0 Å². The molecule has 1 aromatic carbocycles. The van der Waals surface area contributed by atoms with Gasteiger partial charge in [-0.1, -0.05) is 0 Å². The summed E-state index contributed by atoms with van der Waals surface area (Å²) in [6, 6.07) is 1.31. The third-order valence-electron chi connectivity index (χ3n) is 2.83. The molecule has 0 amide bonds. The highest BCUT2D eigenvalue weighted by atomic mass is 32.2. The van der Waals surface area contributed by atoms with E-state index in [2.05, 4.69) is 0 Å². The van der Waals surface area contributed by atoms with Crippen molar-refractivity contribution in [2.75, 3.05) is 7.05 Å². The van der Waals surface area contributed by atoms with Gasteiger partial charge in [-0.2, -0.15) is 8.70 Å². The van der Waals surface area contributed by atoms with E-state index in [-0.39, 0.29) is 16.5 Å². The summed E-state index contributed by atoms with van der Waals surface area (Å²) in [7, 11) is -2.51. The van der Waals surface area contributed by atoms with Crippen molar-refractivity contribution in [2.24, 2.45) is 0 Å². The van der Waals surface area contributed by atoms with Crippen LogP contribution in [0.25, 0.3) is 0 Å². The van der Waals surface area contributed by atoms with Crippen molar-refractivity contribution in [3.8, 4) is 0 Å². The smallest absolute Gasteiger partial charge is 0.258 e. The standard InChI is InChI=1S/C11H15FN2O4S/c1-7(2)13(4)19(17,18)11-6-10(14(15)16)9(12)5-8(11)3/h5-7H,1-4H3. The molecule has 106 valence electrons. The Morgan fingerprint density at radius 2 is 1.89 bits per heavy atom. The van der Waals surface area contributed by atoms with E-state index in [9.17, 15) is 22.9 Å². The Morgan fingerprint density at radius 3 is 2.32 bits per heavy atom. The number of aryl methyl sites for hydroxylation is 1. The number of hydrogen-bond acceptors (Lipinski definition) is 4. The van der Waals surface area contributed by atoms with Crippen molar-refractivity contribution in [3.63, 3.8) is 0 Å². The second kappa shape index (κ2) is 5.22. The molecule has 0 aliphatic heterocycles. The molecule has 0 spiro atoms. The summed E-state index contributed by atoms with van der Waals surface area (Å²) in [5, 5.41) is 10.7. The lowest BCUT2D eigenvalue weighted by Crippen LogP contribution is -2.33. The van der Waals surface area contributed by atoms with Crippen molar-refractivity contribution in [3.05, 3.63) is 33.6 Å². The van der Waals surface area contributed by atoms with Gasteiger partial charge in [-0.05, 0) is 32.4 Å². The van der Waals surface area contributed by atoms with Crippen LogP contribution in [0.4, 0.5) is 10.1 Å². The summed E-state index contributed by atoms with van der Waals surface area (Å²) >= 11 is 0. The van der Waals surface area contributed by atoms with Crippen LogP contribution in [0.3, 0.4) is 0 Å². The zero-order valence-electron chi connectivity index (χ0n) is 11.0. The Bertz CT molecular complexity index is 613. The van der Waals surface area contributed by atoms with Crippen LogP contribution in [-0.2, 0) is 10.0 Å². The normalized spacial score (nSPS) is 12.2. The molecule has 19 heavy (non-hydrogen) atoms. The first kappa shape index (κ1) is 15.5. The summed E-state index contributed by atoms with van der Waals surface area (Å²) < 4.78 is 39.0. The monoisotopic (exact) mass is 290 g/mol. The Kier molecular flexibility index (Phi) is 4.26. The molecule has 0 aliphatic carbocycles. The Hall–Kier alpha value is -1.54. The van der Waals surface area contributed by atoms with E-state index >= 15 is 0 Å². The molecule has 0 unspecified atom stereocenters. The Morgan fingerprint density at radius 1 is 1.37 bits per heavy atom. The Labute approximate surface area is 111 Å². The summed E-state index contributed by atoms with van der Waals surface area (Å²) in [4.78, 5) is 9.48. The van der Waals surface area contributed by atoms with Gasteiger partial charge in [0, 0.05) is 19.2 Å². The van der Waals surface area contributed by atoms with Crippen LogP contribution in [0.5, 0.6) is 0 Å². The SMILES string of the molecule is Cc1cc(F)c([N+](=O)[O-])cc1S(=O)(=O)N(C)C(C)C. The fourth-order valence-electron chi connectivity index (χ4n) is 1.49. The van der Waals surface area contributed by atoms with E-state index in [0.717, 1.165) is 16.4 Å². The second-order valence-electron chi connectivity index (χ2n) is 4.44. The van der Waals surface area contributed by atoms with Crippen molar-refractivity contribution in [2.45, 2.75) is 31.7 Å². The zero-order chi connectivity index (χ0) is 15.0. The van der Waals surface area contributed by atoms with Crippen LogP contribution in [0, 0.1) is 22.9 Å². The van der Waals surface area contributed by atoms with Gasteiger partial charge in [0.15, 0.2) is 0 Å². The number of hydrogen-bond donors (Lipinski definition) is 0. The molecule has 0 radical (unpaired) electrons. The lowest BCUT2D eigenvalue weighted by Gasteiger charge is -2.21. The topological polar surface area (TPSA) is 80.5 Å². The molecule has 1 aromatic rings. The minimum absolute atomic E-state index is 0.135. The third-order valence-corrected chi connectivity index (χ3v) is 5.00. The maximum Gasteiger partial charge on any atom is 0.306 e. The quantitative estimate of drug-likeness (QED) is 0.628. The molecule has 1 rings (SSSR count). The summed E-state index contributed by atoms with van der Waals surface area (Å²) in [5.74, 6) is -1.05. The first-order valence-corrected chi connectivity index (χ1v) is 6.95. The fourth-order valence-corrected chi connectivity index (χ4v) is 3.08. The number of nitrogens with zero attached hydrogens (tertiary/aromatic N) is 2. The highest BCUT2D eigenvalue weighted by Gasteiger charge is 2.28. The van der Waals surface area contributed by atoms with Crippen molar-refractivity contribution in [1.29, 1.82) is 0 Å². The minimum atomic E-state index is -3.88. The molecule has 0 fully saturated rings. The predicted octanol–water partition coefficient (Wildman–Crippen LogP) is 2.07. The molecule has 0 heterocycles. The molecule has 0 atom stereocenters. The number of rotatable bonds is 4. The molecule has 0 bridgehead atoms. The predicted molar refractivity (Wildman–Crippen MR) is 67.9 cm³/mol. The van der Waals surface area contributed by atoms with Crippen LogP contribution in [0.15, 0.2) is 17.0 Å². The molecular formula is C11H15FN2O4S. The second-order valence-corrected chi connectivity index (χ2v) is 6.41. The van der Waals surface area contributed by atoms with E-state index in [0.29, 0.717) is 0 Å². The van der Waals surface area contributed by atoms with E-state index in [1.165, 1.54) is 14.0 Å². The van der Waals surface area contributed by atoms with E-state index < -0.39 is 26.5 Å². The molecular weight excluding hydrogens is 275 g/mol. The van der Waals surface area contributed by atoms with Crippen molar-refractivity contribution < 1.29 is 17.7 Å². The summed E-state index contributed by atoms with van der Waals surface area (Å²) in [6.07, 6.45) is 0. The number of halogens is 1. The van der Waals surface area contributed by atoms with Crippen LogP contribution in [-0.4, -0.2) is 30.7 Å². The third kappa shape index (κ3) is 2.90. The lowest BCUT2D eigenvalue weighted by molar-refractivity contribution is -0.387. The van der Waals surface area contributed by atoms with Gasteiger partial charge in [0.2, 0.25) is 15.8 Å². The van der Waals surface area contributed by atoms with Gasteiger partial charge in [-0.15, -0.1) is 0 Å². The van der Waals surface area contributed by atoms with Crippen LogP contribution in [0.1, 0.15) is 19.4 Å². The molecule has 0 aromatic heterocycles. The minimum Gasteiger partial charge on any atom is -0.258 e. The van der Waals surface area contributed by atoms with Crippen molar-refractivity contribution >= 4 is 15.7 Å². The molecule has 0 aliphatic rings. The van der Waals surface area contributed by atoms with Gasteiger partial charge in [0.05, 0.1) is 9.82 Å². The average Bonchev–Trinajstić information content (AvgIpc) is 2.26. The Balaban J connectivity index is 3.52. The number of nitro benzene ring substituents is 1. The van der Waals surface area contributed by atoms with Gasteiger partial charge in [-0.25, -0.2) is 8.42 Å². The van der Waals surface area contributed by atoms with Crippen LogP contribution >= 0.6 is 0 Å². The lowest BCUT2D eigenvalue weighted by atomic mass is 10.2. The summed E-state index contributed by atoms with van der Waals surface area (Å²) in [5.41, 5.74) is -0.711.